The van der Waals surface area contributed by atoms with Crippen molar-refractivity contribution in [1.29, 1.82) is 0 Å². The van der Waals surface area contributed by atoms with Crippen molar-refractivity contribution in [2.75, 3.05) is 0 Å². The fourth-order valence-electron chi connectivity index (χ4n) is 6.39. The van der Waals surface area contributed by atoms with E-state index in [4.69, 9.17) is 4.98 Å². The number of para-hydroxylation sites is 2. The Morgan fingerprint density at radius 3 is 1.84 bits per heavy atom. The highest BCUT2D eigenvalue weighted by atomic mass is 16.3. The van der Waals surface area contributed by atoms with Gasteiger partial charge in [0.2, 0.25) is 0 Å². The largest absolute Gasteiger partial charge is 0.508 e. The first-order chi connectivity index (χ1) is 22.1. The molecular formula is C41H28N2O2. The van der Waals surface area contributed by atoms with Crippen LogP contribution in [0.1, 0.15) is 0 Å². The zero-order valence-corrected chi connectivity index (χ0v) is 24.3. The van der Waals surface area contributed by atoms with E-state index in [1.54, 1.807) is 12.1 Å². The summed E-state index contributed by atoms with van der Waals surface area (Å²) in [5.74, 6) is 0.0238. The van der Waals surface area contributed by atoms with E-state index in [-0.39, 0.29) is 11.5 Å². The van der Waals surface area contributed by atoms with Crippen LogP contribution in [0.25, 0.3) is 72.1 Å². The molecule has 8 rings (SSSR count). The van der Waals surface area contributed by atoms with Crippen LogP contribution in [0.15, 0.2) is 158 Å². The minimum absolute atomic E-state index is 0.0119. The minimum Gasteiger partial charge on any atom is -0.508 e. The van der Waals surface area contributed by atoms with E-state index in [0.29, 0.717) is 0 Å². The van der Waals surface area contributed by atoms with Crippen molar-refractivity contribution in [2.24, 2.45) is 0 Å². The smallest absolute Gasteiger partial charge is 0.119 e. The molecule has 8 aromatic rings. The Morgan fingerprint density at radius 2 is 1.07 bits per heavy atom. The number of phenols is 2. The normalized spacial score (nSPS) is 11.3. The monoisotopic (exact) mass is 580 g/mol. The molecule has 0 spiro atoms. The first-order valence-electron chi connectivity index (χ1n) is 14.9. The van der Waals surface area contributed by atoms with Crippen LogP contribution in [0, 0.1) is 0 Å². The number of benzene rings is 6. The zero-order valence-electron chi connectivity index (χ0n) is 24.3. The van der Waals surface area contributed by atoms with Crippen molar-refractivity contribution >= 4 is 21.8 Å². The molecule has 2 aromatic heterocycles. The summed E-state index contributed by atoms with van der Waals surface area (Å²) in [6.07, 6.45) is 1.94. The van der Waals surface area contributed by atoms with Gasteiger partial charge in [0.15, 0.2) is 0 Å². The number of hydrogen-bond acceptors (Lipinski definition) is 3. The molecule has 4 nitrogen and oxygen atoms in total. The molecule has 0 aliphatic heterocycles. The summed E-state index contributed by atoms with van der Waals surface area (Å²) < 4.78 is 2.32. The predicted octanol–water partition coefficient (Wildman–Crippen LogP) is 10.3. The number of rotatable bonds is 5. The lowest BCUT2D eigenvalue weighted by Crippen LogP contribution is -1.94. The summed E-state index contributed by atoms with van der Waals surface area (Å²) in [6, 6.07) is 50.8. The Balaban J connectivity index is 1.39. The SMILES string of the molecule is Oc1cc(O)cc(-c2ccccc2-c2cnc(-c3ccccc3)cc2-c2ccc3c(c2)c2ccccc2n3-c2ccccc2)c1. The topological polar surface area (TPSA) is 58.3 Å². The van der Waals surface area contributed by atoms with Crippen LogP contribution in [0.2, 0.25) is 0 Å². The number of aromatic hydroxyl groups is 2. The van der Waals surface area contributed by atoms with Gasteiger partial charge in [0, 0.05) is 39.8 Å². The molecule has 0 saturated heterocycles. The van der Waals surface area contributed by atoms with Gasteiger partial charge in [0.1, 0.15) is 11.5 Å². The quantitative estimate of drug-likeness (QED) is 0.213. The van der Waals surface area contributed by atoms with Gasteiger partial charge in [0.25, 0.3) is 0 Å². The number of nitrogens with zero attached hydrogens (tertiary/aromatic N) is 2. The van der Waals surface area contributed by atoms with Crippen LogP contribution < -0.4 is 0 Å². The van der Waals surface area contributed by atoms with Crippen molar-refractivity contribution in [3.05, 3.63) is 158 Å². The number of pyridine rings is 1. The summed E-state index contributed by atoms with van der Waals surface area (Å²) in [7, 11) is 0. The van der Waals surface area contributed by atoms with Gasteiger partial charge in [-0.2, -0.15) is 0 Å². The van der Waals surface area contributed by atoms with Gasteiger partial charge >= 0.3 is 0 Å². The fraction of sp³-hybridized carbons (Fsp3) is 0. The Hall–Kier alpha value is -6.13. The van der Waals surface area contributed by atoms with Crippen LogP contribution in [0.5, 0.6) is 11.5 Å². The summed E-state index contributed by atoms with van der Waals surface area (Å²) in [5.41, 5.74) is 11.0. The van der Waals surface area contributed by atoms with Crippen molar-refractivity contribution in [1.82, 2.24) is 9.55 Å². The van der Waals surface area contributed by atoms with Crippen LogP contribution in [0.4, 0.5) is 0 Å². The summed E-state index contributed by atoms with van der Waals surface area (Å²) >= 11 is 0. The third-order valence-corrected chi connectivity index (χ3v) is 8.40. The molecule has 0 aliphatic carbocycles. The van der Waals surface area contributed by atoms with Gasteiger partial charge in [-0.25, -0.2) is 0 Å². The molecule has 4 heteroatoms. The van der Waals surface area contributed by atoms with Crippen molar-refractivity contribution in [3.8, 4) is 61.8 Å². The van der Waals surface area contributed by atoms with Gasteiger partial charge in [0.05, 0.1) is 16.7 Å². The van der Waals surface area contributed by atoms with Gasteiger partial charge in [-0.3, -0.25) is 4.98 Å². The Morgan fingerprint density at radius 1 is 0.422 bits per heavy atom. The molecule has 0 radical (unpaired) electrons. The summed E-state index contributed by atoms with van der Waals surface area (Å²) in [4.78, 5) is 4.93. The molecule has 6 aromatic carbocycles. The van der Waals surface area contributed by atoms with Crippen LogP contribution >= 0.6 is 0 Å². The second kappa shape index (κ2) is 10.9. The molecule has 0 bridgehead atoms. The number of phenolic OH excluding ortho intramolecular Hbond substituents is 2. The lowest BCUT2D eigenvalue weighted by molar-refractivity contribution is 0.451. The van der Waals surface area contributed by atoms with Crippen LogP contribution in [-0.4, -0.2) is 19.8 Å². The Labute approximate surface area is 260 Å². The van der Waals surface area contributed by atoms with Gasteiger partial charge in [-0.15, -0.1) is 0 Å². The van der Waals surface area contributed by atoms with Crippen molar-refractivity contribution < 1.29 is 10.2 Å². The maximum atomic E-state index is 10.3. The zero-order chi connectivity index (χ0) is 30.3. The van der Waals surface area contributed by atoms with Gasteiger partial charge in [-0.05, 0) is 76.3 Å². The van der Waals surface area contributed by atoms with E-state index in [2.05, 4.69) is 95.6 Å². The molecule has 45 heavy (non-hydrogen) atoms. The highest BCUT2D eigenvalue weighted by Crippen LogP contribution is 2.42. The second-order valence-corrected chi connectivity index (χ2v) is 11.2. The highest BCUT2D eigenvalue weighted by Gasteiger charge is 2.18. The summed E-state index contributed by atoms with van der Waals surface area (Å²) in [6.45, 7) is 0. The van der Waals surface area contributed by atoms with Gasteiger partial charge < -0.3 is 14.8 Å². The van der Waals surface area contributed by atoms with Crippen molar-refractivity contribution in [3.63, 3.8) is 0 Å². The lowest BCUT2D eigenvalue weighted by Gasteiger charge is -2.16. The molecule has 2 N–H and O–H groups in total. The number of aromatic nitrogens is 2. The molecule has 0 saturated carbocycles. The van der Waals surface area contributed by atoms with Gasteiger partial charge in [-0.1, -0.05) is 97.1 Å². The predicted molar refractivity (Wildman–Crippen MR) is 184 cm³/mol. The first kappa shape index (κ1) is 26.5. The molecule has 0 atom stereocenters. The fourth-order valence-corrected chi connectivity index (χ4v) is 6.39. The van der Waals surface area contributed by atoms with Crippen LogP contribution in [0.3, 0.4) is 0 Å². The van der Waals surface area contributed by atoms with E-state index in [1.807, 2.05) is 48.7 Å². The standard InChI is InChI=1S/C41H28N2O2/c44-31-21-29(22-32(45)24-31)33-15-7-8-16-34(33)38-26-42-39(27-11-3-1-4-12-27)25-36(38)28-19-20-41-37(23-28)35-17-9-10-18-40(35)43(41)30-13-5-2-6-14-30/h1-26,44-45H. The molecule has 0 aliphatic rings. The molecule has 0 amide bonds. The van der Waals surface area contributed by atoms with E-state index in [9.17, 15) is 10.2 Å². The van der Waals surface area contributed by atoms with Crippen molar-refractivity contribution in [2.45, 2.75) is 0 Å². The Bertz CT molecular complexity index is 2320. The first-order valence-corrected chi connectivity index (χ1v) is 14.9. The lowest BCUT2D eigenvalue weighted by atomic mass is 9.89. The maximum absolute atomic E-state index is 10.3. The molecule has 214 valence electrons. The van der Waals surface area contributed by atoms with E-state index in [0.717, 1.165) is 61.4 Å². The number of fused-ring (bicyclic) bond motifs is 3. The minimum atomic E-state index is 0.0119. The second-order valence-electron chi connectivity index (χ2n) is 11.2. The maximum Gasteiger partial charge on any atom is 0.119 e. The molecular weight excluding hydrogens is 552 g/mol. The molecule has 2 heterocycles. The van der Waals surface area contributed by atoms with E-state index < -0.39 is 0 Å². The van der Waals surface area contributed by atoms with E-state index in [1.165, 1.54) is 16.8 Å². The average molecular weight is 581 g/mol. The average Bonchev–Trinajstić information content (AvgIpc) is 3.42. The molecule has 0 unspecified atom stereocenters. The third kappa shape index (κ3) is 4.70. The van der Waals surface area contributed by atoms with Crippen LogP contribution in [-0.2, 0) is 0 Å². The van der Waals surface area contributed by atoms with E-state index >= 15 is 0 Å². The summed E-state index contributed by atoms with van der Waals surface area (Å²) in [5, 5.41) is 23.0. The molecule has 0 fully saturated rings. The highest BCUT2D eigenvalue weighted by molar-refractivity contribution is 6.11. The number of hydrogen-bond donors (Lipinski definition) is 2. The third-order valence-electron chi connectivity index (χ3n) is 8.40. The Kier molecular flexibility index (Phi) is 6.39.